The first-order valence-corrected chi connectivity index (χ1v) is 18.8. The minimum Gasteiger partial charge on any atom is -0.504 e. The van der Waals surface area contributed by atoms with Crippen LogP contribution in [0, 0.1) is 0 Å². The molecule has 0 fully saturated rings. The molecule has 0 unspecified atom stereocenters. The number of carbonyl (C=O) groups excluding carboxylic acids is 2. The van der Waals surface area contributed by atoms with Gasteiger partial charge in [0.2, 0.25) is 0 Å². The molecule has 0 radical (unpaired) electrons. The van der Waals surface area contributed by atoms with Crippen molar-refractivity contribution < 1.29 is 58.1 Å². The van der Waals surface area contributed by atoms with Gasteiger partial charge in [-0.1, -0.05) is 12.1 Å². The molecule has 0 bridgehead atoms. The molecule has 1 aliphatic rings. The number of aromatic hydroxyl groups is 1. The number of rotatable bonds is 17. The normalized spacial score (nSPS) is 11.8. The molecule has 5 aromatic rings. The van der Waals surface area contributed by atoms with Crippen LogP contribution in [0.5, 0.6) is 46.0 Å². The third kappa shape index (κ3) is 9.47. The molecule has 12 nitrogen and oxygen atoms in total. The molecule has 0 amide bonds. The fraction of sp³-hybridized carbons (Fsp3) is 0.304. The van der Waals surface area contributed by atoms with Gasteiger partial charge in [0.25, 0.3) is 0 Å². The van der Waals surface area contributed by atoms with Crippen LogP contribution in [-0.4, -0.2) is 74.6 Å². The zero-order valence-corrected chi connectivity index (χ0v) is 33.3. The number of hydrogen-bond donors (Lipinski definition) is 3. The molecule has 0 aromatic heterocycles. The van der Waals surface area contributed by atoms with Crippen LogP contribution in [0.25, 0.3) is 0 Å². The van der Waals surface area contributed by atoms with Crippen LogP contribution < -0.4 is 33.2 Å². The summed E-state index contributed by atoms with van der Waals surface area (Å²) in [5, 5.41) is 29.9. The Labute approximate surface area is 337 Å². The van der Waals surface area contributed by atoms with E-state index < -0.39 is 0 Å². The first-order valence-electron chi connectivity index (χ1n) is 18.8. The van der Waals surface area contributed by atoms with Crippen molar-refractivity contribution in [3.63, 3.8) is 0 Å². The molecule has 0 saturated heterocycles. The maximum absolute atomic E-state index is 12.2. The summed E-state index contributed by atoms with van der Waals surface area (Å²) in [7, 11) is 4.68. The van der Waals surface area contributed by atoms with Crippen LogP contribution in [0.2, 0.25) is 0 Å². The minimum atomic E-state index is -0.182. The summed E-state index contributed by atoms with van der Waals surface area (Å²) in [6.45, 7) is 3.15. The highest BCUT2D eigenvalue weighted by Gasteiger charge is 2.23. The van der Waals surface area contributed by atoms with E-state index in [9.17, 15) is 24.9 Å². The number of methoxy groups -OCH3 is 3. The van der Waals surface area contributed by atoms with Crippen molar-refractivity contribution in [2.24, 2.45) is 0 Å². The summed E-state index contributed by atoms with van der Waals surface area (Å²) in [6.07, 6.45) is 1.51. The summed E-state index contributed by atoms with van der Waals surface area (Å²) in [5.41, 5.74) is 7.77. The van der Waals surface area contributed by atoms with Crippen molar-refractivity contribution in [3.05, 3.63) is 128 Å². The number of hydrogen-bond acceptors (Lipinski definition) is 12. The number of aliphatic hydroxyl groups excluding tert-OH is 2. The molecule has 3 N–H and O–H groups in total. The van der Waals surface area contributed by atoms with Crippen molar-refractivity contribution in [1.29, 1.82) is 0 Å². The Bertz CT molecular complexity index is 2220. The van der Waals surface area contributed by atoms with E-state index in [0.29, 0.717) is 81.8 Å². The summed E-state index contributed by atoms with van der Waals surface area (Å²) >= 11 is 0. The number of ether oxygens (including phenoxy) is 7. The van der Waals surface area contributed by atoms with Gasteiger partial charge in [-0.3, -0.25) is 9.59 Å². The van der Waals surface area contributed by atoms with Crippen LogP contribution in [-0.2, 0) is 32.5 Å². The average molecular weight is 793 g/mol. The number of benzene rings is 5. The van der Waals surface area contributed by atoms with Gasteiger partial charge >= 0.3 is 0 Å². The van der Waals surface area contributed by atoms with Crippen molar-refractivity contribution in [3.8, 4) is 46.0 Å². The fourth-order valence-corrected chi connectivity index (χ4v) is 7.01. The molecular formula is C46H48O12. The minimum absolute atomic E-state index is 0.0332. The van der Waals surface area contributed by atoms with Gasteiger partial charge in [-0.25, -0.2) is 0 Å². The monoisotopic (exact) mass is 792 g/mol. The van der Waals surface area contributed by atoms with E-state index in [1.165, 1.54) is 21.0 Å². The highest BCUT2D eigenvalue weighted by atomic mass is 16.5. The number of carbonyl (C=O) groups is 2. The number of ketones is 2. The van der Waals surface area contributed by atoms with E-state index in [0.717, 1.165) is 33.4 Å². The van der Waals surface area contributed by atoms with Gasteiger partial charge in [-0.05, 0) is 138 Å². The Kier molecular flexibility index (Phi) is 13.4. The van der Waals surface area contributed by atoms with Crippen molar-refractivity contribution >= 4 is 11.6 Å². The quantitative estimate of drug-likeness (QED) is 0.0656. The van der Waals surface area contributed by atoms with Gasteiger partial charge < -0.3 is 48.5 Å². The summed E-state index contributed by atoms with van der Waals surface area (Å²) < 4.78 is 41.5. The van der Waals surface area contributed by atoms with Gasteiger partial charge in [0.05, 0.1) is 45.7 Å². The predicted molar refractivity (Wildman–Crippen MR) is 216 cm³/mol. The molecule has 1 aliphatic carbocycles. The molecule has 6 rings (SSSR count). The first-order chi connectivity index (χ1) is 28.0. The van der Waals surface area contributed by atoms with Crippen molar-refractivity contribution in [1.82, 2.24) is 0 Å². The zero-order chi connectivity index (χ0) is 41.3. The van der Waals surface area contributed by atoms with Gasteiger partial charge in [0.1, 0.15) is 37.9 Å². The second-order valence-corrected chi connectivity index (χ2v) is 13.9. The van der Waals surface area contributed by atoms with Crippen molar-refractivity contribution in [2.45, 2.75) is 46.3 Å². The van der Waals surface area contributed by atoms with E-state index in [-0.39, 0.29) is 57.0 Å². The van der Waals surface area contributed by atoms with Gasteiger partial charge in [0.15, 0.2) is 46.1 Å². The number of phenols is 1. The van der Waals surface area contributed by atoms with E-state index in [1.54, 1.807) is 56.7 Å². The van der Waals surface area contributed by atoms with Crippen LogP contribution >= 0.6 is 0 Å². The fourth-order valence-electron chi connectivity index (χ4n) is 7.01. The number of Topliss-reactive ketones (excluding diaryl/α,β-unsaturated/α-hetero) is 2. The van der Waals surface area contributed by atoms with Crippen LogP contribution in [0.3, 0.4) is 0 Å². The Morgan fingerprint density at radius 1 is 0.466 bits per heavy atom. The van der Waals surface area contributed by atoms with Crippen LogP contribution in [0.1, 0.15) is 79.1 Å². The Hall–Kier alpha value is -6.24. The third-order valence-corrected chi connectivity index (χ3v) is 10.0. The summed E-state index contributed by atoms with van der Waals surface area (Å²) in [5.74, 6) is 2.94. The molecule has 0 aliphatic heterocycles. The Morgan fingerprint density at radius 3 is 1.14 bits per heavy atom. The lowest BCUT2D eigenvalue weighted by Crippen LogP contribution is -2.12. The second kappa shape index (κ2) is 18.8. The molecule has 12 heteroatoms. The lowest BCUT2D eigenvalue weighted by atomic mass is 9.94. The van der Waals surface area contributed by atoms with Gasteiger partial charge in [-0.15, -0.1) is 0 Å². The van der Waals surface area contributed by atoms with E-state index >= 15 is 0 Å². The van der Waals surface area contributed by atoms with Gasteiger partial charge in [0, 0.05) is 0 Å². The molecule has 0 saturated carbocycles. The largest absolute Gasteiger partial charge is 0.504 e. The van der Waals surface area contributed by atoms with Crippen LogP contribution in [0.4, 0.5) is 0 Å². The van der Waals surface area contributed by atoms with Gasteiger partial charge in [-0.2, -0.15) is 0 Å². The highest BCUT2D eigenvalue weighted by molar-refractivity contribution is 5.97. The molecule has 304 valence electrons. The number of fused-ring (bicyclic) bond motifs is 3. The number of aliphatic hydroxyl groups is 2. The topological polar surface area (TPSA) is 159 Å². The average Bonchev–Trinajstić information content (AvgIpc) is 3.28. The van der Waals surface area contributed by atoms with Crippen LogP contribution in [0.15, 0.2) is 72.8 Å². The summed E-state index contributed by atoms with van der Waals surface area (Å²) in [4.78, 5) is 24.5. The molecule has 0 heterocycles. The Morgan fingerprint density at radius 2 is 0.793 bits per heavy atom. The molecule has 58 heavy (non-hydrogen) atoms. The third-order valence-electron chi connectivity index (χ3n) is 10.0. The summed E-state index contributed by atoms with van der Waals surface area (Å²) in [6, 6.07) is 21.4. The molecule has 0 spiro atoms. The Balaban J connectivity index is 1.28. The van der Waals surface area contributed by atoms with Crippen molar-refractivity contribution in [2.75, 3.05) is 47.8 Å². The lowest BCUT2D eigenvalue weighted by Gasteiger charge is -2.19. The zero-order valence-electron chi connectivity index (χ0n) is 33.3. The molecular weight excluding hydrogens is 744 g/mol. The number of phenolic OH excluding ortho intramolecular Hbond substituents is 1. The van der Waals surface area contributed by atoms with E-state index in [4.69, 9.17) is 33.2 Å². The second-order valence-electron chi connectivity index (χ2n) is 13.9. The molecule has 0 atom stereocenters. The van der Waals surface area contributed by atoms with E-state index in [2.05, 4.69) is 0 Å². The lowest BCUT2D eigenvalue weighted by molar-refractivity contribution is 0.0999. The molecule has 5 aromatic carbocycles. The maximum Gasteiger partial charge on any atom is 0.163 e. The SMILES string of the molecule is COc1cc2c(cc1O)Cc1cc(OC)c(OCCOc3ccc(CO)cc3C(C)=O)cc1Cc1cc(OC)c(OCCOc3ccc(CO)cc3C(C)=O)cc1C2. The van der Waals surface area contributed by atoms with E-state index in [1.807, 2.05) is 30.3 Å². The predicted octanol–water partition coefficient (Wildman–Crippen LogP) is 6.81. The smallest absolute Gasteiger partial charge is 0.163 e. The standard InChI is InChI=1S/C46H48O12/c1-27(49)37-14-29(25-47)6-8-40(37)55-10-12-57-45-23-35-17-32-20-42(52-3)39(51)19-31(32)16-33-21-43(53-4)46(24-36(33)18-34(35)22-44(45)54-5)58-13-11-56-41-9-7-30(26-48)15-38(41)28(2)50/h6-9,14-15,19-24,47-48,51H,10-13,16-18,25-26H2,1-5H3. The first kappa shape index (κ1) is 41.4. The maximum atomic E-state index is 12.2. The highest BCUT2D eigenvalue weighted by Crippen LogP contribution is 2.41.